The van der Waals surface area contributed by atoms with E-state index in [4.69, 9.17) is 9.47 Å². The van der Waals surface area contributed by atoms with E-state index < -0.39 is 11.1 Å². The summed E-state index contributed by atoms with van der Waals surface area (Å²) < 4.78 is 32.8. The first-order chi connectivity index (χ1) is 10.7. The van der Waals surface area contributed by atoms with Crippen LogP contribution in [0.25, 0.3) is 0 Å². The van der Waals surface area contributed by atoms with Crippen LogP contribution in [0.15, 0.2) is 30.4 Å². The lowest BCUT2D eigenvalue weighted by atomic mass is 9.89. The number of rotatable bonds is 8. The summed E-state index contributed by atoms with van der Waals surface area (Å²) in [6, 6.07) is 5.95. The van der Waals surface area contributed by atoms with Gasteiger partial charge >= 0.3 is 0 Å². The first-order valence-corrected chi connectivity index (χ1v) is 8.66. The van der Waals surface area contributed by atoms with Crippen LogP contribution >= 0.6 is 0 Å². The number of hydrogen-bond donors (Lipinski definition) is 1. The highest BCUT2D eigenvalue weighted by Gasteiger charge is 2.23. The first-order valence-electron chi connectivity index (χ1n) is 7.42. The van der Waals surface area contributed by atoms with Gasteiger partial charge in [-0.1, -0.05) is 29.3 Å². The fraction of sp³-hybridized carbons (Fsp3) is 0.500. The summed E-state index contributed by atoms with van der Waals surface area (Å²) in [7, 11) is 1.61. The first kappa shape index (κ1) is 17.0. The van der Waals surface area contributed by atoms with Crippen LogP contribution in [0.1, 0.15) is 24.8 Å². The zero-order valence-corrected chi connectivity index (χ0v) is 13.7. The molecular formula is C16H22NO4S-. The van der Waals surface area contributed by atoms with Gasteiger partial charge in [0.15, 0.2) is 11.5 Å². The highest BCUT2D eigenvalue weighted by Crippen LogP contribution is 2.34. The van der Waals surface area contributed by atoms with Gasteiger partial charge in [0.25, 0.3) is 0 Å². The van der Waals surface area contributed by atoms with Crippen molar-refractivity contribution in [3.8, 4) is 11.5 Å². The molecule has 0 radical (unpaired) electrons. The minimum absolute atomic E-state index is 0.0850. The fourth-order valence-electron chi connectivity index (χ4n) is 2.73. The van der Waals surface area contributed by atoms with Gasteiger partial charge in [-0.25, -0.2) is 0 Å². The molecule has 0 saturated carbocycles. The van der Waals surface area contributed by atoms with Crippen LogP contribution in [0.4, 0.5) is 0 Å². The normalized spacial score (nSPS) is 19.9. The quantitative estimate of drug-likeness (QED) is 0.585. The predicted molar refractivity (Wildman–Crippen MR) is 86.2 cm³/mol. The van der Waals surface area contributed by atoms with Crippen molar-refractivity contribution >= 4 is 11.1 Å². The summed E-state index contributed by atoms with van der Waals surface area (Å²) in [4.78, 5) is 0. The molecule has 0 saturated heterocycles. The maximum absolute atomic E-state index is 10.9. The molecule has 1 aromatic rings. The SMILES string of the molecule is CCOc1cc(C(CCS(=O)[O-])C2C=CCN2)ccc1OC. The molecule has 3 atom stereocenters. The summed E-state index contributed by atoms with van der Waals surface area (Å²) in [6.45, 7) is 3.29. The third-order valence-corrected chi connectivity index (χ3v) is 4.33. The zero-order valence-electron chi connectivity index (χ0n) is 12.9. The number of benzene rings is 1. The minimum Gasteiger partial charge on any atom is -0.772 e. The number of hydrogen-bond acceptors (Lipinski definition) is 5. The Hall–Kier alpha value is -1.37. The Balaban J connectivity index is 2.27. The van der Waals surface area contributed by atoms with E-state index in [1.165, 1.54) is 0 Å². The summed E-state index contributed by atoms with van der Waals surface area (Å²) in [5.41, 5.74) is 1.05. The largest absolute Gasteiger partial charge is 0.772 e. The molecule has 6 heteroatoms. The van der Waals surface area contributed by atoms with E-state index in [-0.39, 0.29) is 17.7 Å². The van der Waals surface area contributed by atoms with Crippen molar-refractivity contribution in [3.63, 3.8) is 0 Å². The van der Waals surface area contributed by atoms with Gasteiger partial charge in [-0.2, -0.15) is 0 Å². The van der Waals surface area contributed by atoms with Gasteiger partial charge in [-0.15, -0.1) is 0 Å². The molecule has 0 bridgehead atoms. The molecule has 1 N–H and O–H groups in total. The molecule has 1 aliphatic heterocycles. The van der Waals surface area contributed by atoms with Crippen LogP contribution in [0.2, 0.25) is 0 Å². The summed E-state index contributed by atoms with van der Waals surface area (Å²) in [6.07, 6.45) is 4.73. The molecular weight excluding hydrogens is 302 g/mol. The Morgan fingerprint density at radius 1 is 1.45 bits per heavy atom. The van der Waals surface area contributed by atoms with Gasteiger partial charge in [-0.05, 0) is 31.0 Å². The molecule has 0 amide bonds. The van der Waals surface area contributed by atoms with Crippen LogP contribution in [-0.4, -0.2) is 40.8 Å². The molecule has 5 nitrogen and oxygen atoms in total. The summed E-state index contributed by atoms with van der Waals surface area (Å²) >= 11 is -2.03. The summed E-state index contributed by atoms with van der Waals surface area (Å²) in [5, 5.41) is 3.37. The topological polar surface area (TPSA) is 70.6 Å². The van der Waals surface area contributed by atoms with Crippen molar-refractivity contribution in [2.75, 3.05) is 26.0 Å². The monoisotopic (exact) mass is 324 g/mol. The zero-order chi connectivity index (χ0) is 15.9. The second kappa shape index (κ2) is 8.31. The Labute approximate surface area is 134 Å². The van der Waals surface area contributed by atoms with E-state index in [1.54, 1.807) is 7.11 Å². The Morgan fingerprint density at radius 2 is 2.27 bits per heavy atom. The van der Waals surface area contributed by atoms with Gasteiger partial charge < -0.3 is 19.3 Å². The Kier molecular flexibility index (Phi) is 6.42. The van der Waals surface area contributed by atoms with Crippen molar-refractivity contribution in [2.24, 2.45) is 0 Å². The molecule has 2 rings (SSSR count). The lowest BCUT2D eigenvalue weighted by molar-refractivity contribution is 0.310. The van der Waals surface area contributed by atoms with Crippen LogP contribution < -0.4 is 14.8 Å². The molecule has 122 valence electrons. The standard InChI is InChI=1S/C16H23NO4S/c1-3-21-16-11-12(6-7-15(16)20-2)13(8-10-22(18)19)14-5-4-9-17-14/h4-7,11,13-14,17H,3,8-10H2,1-2H3,(H,18,19)/p-1. The van der Waals surface area contributed by atoms with E-state index in [0.717, 1.165) is 12.1 Å². The fourth-order valence-corrected chi connectivity index (χ4v) is 3.18. The molecule has 22 heavy (non-hydrogen) atoms. The van der Waals surface area contributed by atoms with E-state index >= 15 is 0 Å². The number of nitrogens with one attached hydrogen (secondary N) is 1. The highest BCUT2D eigenvalue weighted by atomic mass is 32.2. The van der Waals surface area contributed by atoms with E-state index in [0.29, 0.717) is 24.5 Å². The van der Waals surface area contributed by atoms with Gasteiger partial charge in [0.05, 0.1) is 13.7 Å². The lowest BCUT2D eigenvalue weighted by Gasteiger charge is -2.25. The molecule has 0 fully saturated rings. The average molecular weight is 324 g/mol. The highest BCUT2D eigenvalue weighted by molar-refractivity contribution is 7.79. The second-order valence-corrected chi connectivity index (χ2v) is 6.12. The van der Waals surface area contributed by atoms with Crippen molar-refractivity contribution < 1.29 is 18.2 Å². The third-order valence-electron chi connectivity index (χ3n) is 3.76. The number of ether oxygens (including phenoxy) is 2. The van der Waals surface area contributed by atoms with Crippen molar-refractivity contribution in [1.29, 1.82) is 0 Å². The van der Waals surface area contributed by atoms with Gasteiger partial charge in [-0.3, -0.25) is 4.21 Å². The van der Waals surface area contributed by atoms with E-state index in [2.05, 4.69) is 17.5 Å². The van der Waals surface area contributed by atoms with Crippen LogP contribution in [0.5, 0.6) is 11.5 Å². The average Bonchev–Trinajstić information content (AvgIpc) is 3.02. The molecule has 0 spiro atoms. The van der Waals surface area contributed by atoms with Gasteiger partial charge in [0.1, 0.15) is 0 Å². The third kappa shape index (κ3) is 4.32. The van der Waals surface area contributed by atoms with E-state index in [1.807, 2.05) is 25.1 Å². The van der Waals surface area contributed by atoms with Crippen LogP contribution in [-0.2, 0) is 11.1 Å². The van der Waals surface area contributed by atoms with E-state index in [9.17, 15) is 8.76 Å². The molecule has 0 aromatic heterocycles. The maximum atomic E-state index is 10.9. The van der Waals surface area contributed by atoms with Gasteiger partial charge in [0.2, 0.25) is 0 Å². The molecule has 0 aliphatic carbocycles. The number of methoxy groups -OCH3 is 1. The van der Waals surface area contributed by atoms with Crippen LogP contribution in [0, 0.1) is 0 Å². The Bertz CT molecular complexity index is 547. The Morgan fingerprint density at radius 3 is 2.86 bits per heavy atom. The second-order valence-electron chi connectivity index (χ2n) is 5.11. The maximum Gasteiger partial charge on any atom is 0.161 e. The van der Waals surface area contributed by atoms with Crippen molar-refractivity contribution in [2.45, 2.75) is 25.3 Å². The van der Waals surface area contributed by atoms with Crippen LogP contribution in [0.3, 0.4) is 0 Å². The van der Waals surface area contributed by atoms with Crippen molar-refractivity contribution in [3.05, 3.63) is 35.9 Å². The predicted octanol–water partition coefficient (Wildman–Crippen LogP) is 1.97. The van der Waals surface area contributed by atoms with Crippen molar-refractivity contribution in [1.82, 2.24) is 5.32 Å². The summed E-state index contributed by atoms with van der Waals surface area (Å²) in [5.74, 6) is 1.61. The molecule has 3 unspecified atom stereocenters. The minimum atomic E-state index is -2.03. The molecule has 1 aromatic carbocycles. The molecule has 1 heterocycles. The smallest absolute Gasteiger partial charge is 0.161 e. The lowest BCUT2D eigenvalue weighted by Crippen LogP contribution is -2.30. The molecule has 1 aliphatic rings. The van der Waals surface area contributed by atoms with Gasteiger partial charge in [0, 0.05) is 24.3 Å².